The van der Waals surface area contributed by atoms with Crippen LogP contribution in [-0.2, 0) is 4.74 Å². The lowest BCUT2D eigenvalue weighted by molar-refractivity contribution is 0.0762. The maximum absolute atomic E-state index is 11.9. The Kier molecular flexibility index (Phi) is 6.80. The van der Waals surface area contributed by atoms with Crippen LogP contribution in [0.15, 0.2) is 28.7 Å². The average molecular weight is 333 g/mol. The Bertz CT molecular complexity index is 400. The van der Waals surface area contributed by atoms with E-state index in [1.807, 2.05) is 31.2 Å². The van der Waals surface area contributed by atoms with Gasteiger partial charge < -0.3 is 15.4 Å². The van der Waals surface area contributed by atoms with Gasteiger partial charge in [-0.1, -0.05) is 28.1 Å². The number of benzene rings is 1. The topological polar surface area (TPSA) is 50.4 Å². The second kappa shape index (κ2) is 8.12. The van der Waals surface area contributed by atoms with Crippen molar-refractivity contribution in [3.63, 3.8) is 0 Å². The number of carbonyl (C=O) groups excluding carboxylic acids is 1. The number of methoxy groups -OCH3 is 1. The minimum absolute atomic E-state index is 0.00842. The highest BCUT2D eigenvalue weighted by molar-refractivity contribution is 9.10. The highest BCUT2D eigenvalue weighted by Gasteiger charge is 2.20. The van der Waals surface area contributed by atoms with E-state index in [0.29, 0.717) is 0 Å². The summed E-state index contributed by atoms with van der Waals surface area (Å²) < 4.78 is 18.3. The Morgan fingerprint density at radius 2 is 2.05 bits per heavy atom. The molecule has 0 aliphatic carbocycles. The molecule has 0 aliphatic rings. The Labute approximate surface area is 120 Å². The fraction of sp³-hybridized carbons (Fsp3) is 0.462. The van der Waals surface area contributed by atoms with Gasteiger partial charge in [-0.25, -0.2) is 9.18 Å². The van der Waals surface area contributed by atoms with Crippen LogP contribution in [0.25, 0.3) is 0 Å². The predicted octanol–water partition coefficient (Wildman–Crippen LogP) is 2.79. The second-order valence-corrected chi connectivity index (χ2v) is 5.00. The average Bonchev–Trinajstić information content (AvgIpc) is 2.39. The monoisotopic (exact) mass is 332 g/mol. The summed E-state index contributed by atoms with van der Waals surface area (Å²) in [5.74, 6) is 0. The number of hydrogen-bond donors (Lipinski definition) is 2. The number of ether oxygens (including phenoxy) is 1. The minimum Gasteiger partial charge on any atom is -0.375 e. The summed E-state index contributed by atoms with van der Waals surface area (Å²) in [6, 6.07) is 7.05. The summed E-state index contributed by atoms with van der Waals surface area (Å²) in [7, 11) is 1.59. The molecule has 2 atom stereocenters. The van der Waals surface area contributed by atoms with E-state index in [1.165, 1.54) is 0 Å². The summed E-state index contributed by atoms with van der Waals surface area (Å²) in [6.07, 6.45) is -0.260. The first-order chi connectivity index (χ1) is 9.08. The van der Waals surface area contributed by atoms with Gasteiger partial charge in [-0.05, 0) is 24.6 Å². The van der Waals surface area contributed by atoms with Crippen molar-refractivity contribution in [3.05, 3.63) is 34.3 Å². The highest BCUT2D eigenvalue weighted by atomic mass is 79.9. The van der Waals surface area contributed by atoms with Crippen LogP contribution in [0, 0.1) is 0 Å². The van der Waals surface area contributed by atoms with E-state index in [2.05, 4.69) is 26.6 Å². The van der Waals surface area contributed by atoms with Gasteiger partial charge in [0.15, 0.2) is 0 Å². The summed E-state index contributed by atoms with van der Waals surface area (Å²) in [4.78, 5) is 11.5. The molecule has 0 bridgehead atoms. The Balaban J connectivity index is 2.63. The molecule has 4 nitrogen and oxygen atoms in total. The van der Waals surface area contributed by atoms with Crippen LogP contribution in [0.5, 0.6) is 0 Å². The maximum atomic E-state index is 11.9. The van der Waals surface area contributed by atoms with Gasteiger partial charge in [0.1, 0.15) is 12.8 Å². The van der Waals surface area contributed by atoms with Gasteiger partial charge in [0.25, 0.3) is 0 Å². The van der Waals surface area contributed by atoms with E-state index in [4.69, 9.17) is 4.74 Å². The van der Waals surface area contributed by atoms with Crippen LogP contribution in [0.3, 0.4) is 0 Å². The first-order valence-electron chi connectivity index (χ1n) is 5.97. The Hall–Kier alpha value is -1.14. The number of halogens is 2. The molecule has 2 unspecified atom stereocenters. The van der Waals surface area contributed by atoms with Gasteiger partial charge in [-0.2, -0.15) is 0 Å². The third-order valence-electron chi connectivity index (χ3n) is 2.65. The van der Waals surface area contributed by atoms with Crippen molar-refractivity contribution >= 4 is 22.0 Å². The van der Waals surface area contributed by atoms with E-state index in [-0.39, 0.29) is 18.7 Å². The van der Waals surface area contributed by atoms with Crippen LogP contribution in [-0.4, -0.2) is 32.4 Å². The molecule has 6 heteroatoms. The lowest BCUT2D eigenvalue weighted by Gasteiger charge is -2.24. The molecule has 0 spiro atoms. The number of alkyl halides is 1. The quantitative estimate of drug-likeness (QED) is 0.841. The van der Waals surface area contributed by atoms with E-state index < -0.39 is 12.7 Å². The zero-order valence-corrected chi connectivity index (χ0v) is 12.5. The fourth-order valence-corrected chi connectivity index (χ4v) is 2.04. The normalized spacial score (nSPS) is 13.7. The van der Waals surface area contributed by atoms with Crippen molar-refractivity contribution in [1.82, 2.24) is 10.6 Å². The zero-order valence-electron chi connectivity index (χ0n) is 11.0. The first-order valence-corrected chi connectivity index (χ1v) is 6.76. The van der Waals surface area contributed by atoms with Crippen molar-refractivity contribution < 1.29 is 13.9 Å². The molecule has 0 saturated carbocycles. The van der Waals surface area contributed by atoms with Crippen LogP contribution < -0.4 is 10.6 Å². The summed E-state index contributed by atoms with van der Waals surface area (Å²) in [6.45, 7) is 1.27. The lowest BCUT2D eigenvalue weighted by Crippen LogP contribution is -2.44. The smallest absolute Gasteiger partial charge is 0.315 e. The van der Waals surface area contributed by atoms with Gasteiger partial charge in [-0.3, -0.25) is 0 Å². The molecule has 106 valence electrons. The molecule has 0 saturated heterocycles. The summed E-state index contributed by atoms with van der Waals surface area (Å²) in [5.41, 5.74) is 0.962. The molecule has 1 aromatic carbocycles. The molecular formula is C13H18BrFN2O2. The van der Waals surface area contributed by atoms with Crippen LogP contribution >= 0.6 is 15.9 Å². The standard InChI is InChI=1S/C13H18BrFN2O2/c1-9(17-13(18)16-8-7-15)12(19-2)10-3-5-11(14)6-4-10/h3-6,9,12H,7-8H2,1-2H3,(H2,16,17,18). The molecular weight excluding hydrogens is 315 g/mol. The lowest BCUT2D eigenvalue weighted by atomic mass is 10.0. The third kappa shape index (κ3) is 5.16. The molecule has 2 amide bonds. The highest BCUT2D eigenvalue weighted by Crippen LogP contribution is 2.22. The molecule has 0 aromatic heterocycles. The number of rotatable bonds is 6. The van der Waals surface area contributed by atoms with E-state index in [0.717, 1.165) is 10.0 Å². The molecule has 0 heterocycles. The fourth-order valence-electron chi connectivity index (χ4n) is 1.78. The van der Waals surface area contributed by atoms with Gasteiger partial charge in [-0.15, -0.1) is 0 Å². The summed E-state index contributed by atoms with van der Waals surface area (Å²) in [5, 5.41) is 5.14. The van der Waals surface area contributed by atoms with E-state index in [9.17, 15) is 9.18 Å². The number of carbonyl (C=O) groups is 1. The van der Waals surface area contributed by atoms with Gasteiger partial charge in [0.05, 0.1) is 6.04 Å². The molecule has 0 fully saturated rings. The number of hydrogen-bond acceptors (Lipinski definition) is 2. The van der Waals surface area contributed by atoms with E-state index in [1.54, 1.807) is 7.11 Å². The largest absolute Gasteiger partial charge is 0.375 e. The Morgan fingerprint density at radius 1 is 1.42 bits per heavy atom. The summed E-state index contributed by atoms with van der Waals surface area (Å²) >= 11 is 3.37. The van der Waals surface area contributed by atoms with Crippen LogP contribution in [0.4, 0.5) is 9.18 Å². The predicted molar refractivity (Wildman–Crippen MR) is 75.9 cm³/mol. The number of amides is 2. The minimum atomic E-state index is -0.581. The maximum Gasteiger partial charge on any atom is 0.315 e. The second-order valence-electron chi connectivity index (χ2n) is 4.09. The SMILES string of the molecule is COC(c1ccc(Br)cc1)C(C)NC(=O)NCCF. The number of nitrogens with one attached hydrogen (secondary N) is 2. The van der Waals surface area contributed by atoms with Crippen molar-refractivity contribution in [2.45, 2.75) is 19.1 Å². The van der Waals surface area contributed by atoms with Gasteiger partial charge in [0.2, 0.25) is 0 Å². The van der Waals surface area contributed by atoms with E-state index >= 15 is 0 Å². The van der Waals surface area contributed by atoms with Crippen molar-refractivity contribution in [2.75, 3.05) is 20.3 Å². The zero-order chi connectivity index (χ0) is 14.3. The molecule has 2 N–H and O–H groups in total. The van der Waals surface area contributed by atoms with Crippen molar-refractivity contribution in [2.24, 2.45) is 0 Å². The molecule has 19 heavy (non-hydrogen) atoms. The molecule has 1 rings (SSSR count). The van der Waals surface area contributed by atoms with Crippen molar-refractivity contribution in [3.8, 4) is 0 Å². The molecule has 0 aliphatic heterocycles. The third-order valence-corrected chi connectivity index (χ3v) is 3.17. The first kappa shape index (κ1) is 15.9. The molecule has 0 radical (unpaired) electrons. The van der Waals surface area contributed by atoms with Gasteiger partial charge >= 0.3 is 6.03 Å². The Morgan fingerprint density at radius 3 is 2.58 bits per heavy atom. The molecule has 1 aromatic rings. The van der Waals surface area contributed by atoms with Crippen LogP contribution in [0.2, 0.25) is 0 Å². The van der Waals surface area contributed by atoms with Crippen molar-refractivity contribution in [1.29, 1.82) is 0 Å². The van der Waals surface area contributed by atoms with Crippen LogP contribution in [0.1, 0.15) is 18.6 Å². The van der Waals surface area contributed by atoms with Gasteiger partial charge in [0, 0.05) is 18.1 Å². The number of urea groups is 1.